The number of rotatable bonds is 3. The minimum absolute atomic E-state index is 0.0262. The van der Waals surface area contributed by atoms with Crippen LogP contribution >= 0.6 is 0 Å². The minimum atomic E-state index is -4.53. The van der Waals surface area contributed by atoms with E-state index >= 15 is 0 Å². The summed E-state index contributed by atoms with van der Waals surface area (Å²) in [5, 5.41) is 0. The van der Waals surface area contributed by atoms with E-state index in [2.05, 4.69) is 0 Å². The molecule has 2 aliphatic rings. The van der Waals surface area contributed by atoms with Crippen LogP contribution in [0.25, 0.3) is 0 Å². The van der Waals surface area contributed by atoms with Gasteiger partial charge in [0, 0.05) is 37.3 Å². The first-order valence-corrected chi connectivity index (χ1v) is 8.38. The molecule has 0 bridgehead atoms. The fraction of sp³-hybridized carbons (Fsp3) is 0.611. The summed E-state index contributed by atoms with van der Waals surface area (Å²) in [5.74, 6) is -0.372. The molecule has 0 radical (unpaired) electrons. The molecule has 0 N–H and O–H groups in total. The van der Waals surface area contributed by atoms with Crippen LogP contribution in [-0.2, 0) is 12.7 Å². The van der Waals surface area contributed by atoms with Crippen molar-refractivity contribution in [3.8, 4) is 0 Å². The summed E-state index contributed by atoms with van der Waals surface area (Å²) >= 11 is 0. The highest BCUT2D eigenvalue weighted by atomic mass is 19.4. The van der Waals surface area contributed by atoms with Crippen molar-refractivity contribution in [1.29, 1.82) is 0 Å². The first kappa shape index (κ1) is 18.2. The van der Waals surface area contributed by atoms with Gasteiger partial charge in [-0.05, 0) is 51.0 Å². The van der Waals surface area contributed by atoms with E-state index in [0.717, 1.165) is 6.07 Å². The summed E-state index contributed by atoms with van der Waals surface area (Å²) in [4.78, 5) is 15.8. The number of halogens is 4. The monoisotopic (exact) mass is 358 g/mol. The molecule has 7 heteroatoms. The van der Waals surface area contributed by atoms with Crippen LogP contribution in [0.3, 0.4) is 0 Å². The largest absolute Gasteiger partial charge is 0.416 e. The van der Waals surface area contributed by atoms with Gasteiger partial charge in [-0.2, -0.15) is 13.2 Å². The molecule has 0 saturated carbocycles. The predicted molar refractivity (Wildman–Crippen MR) is 86.0 cm³/mol. The fourth-order valence-electron chi connectivity index (χ4n) is 3.65. The van der Waals surface area contributed by atoms with E-state index in [4.69, 9.17) is 0 Å². The molecule has 0 aromatic heterocycles. The molecule has 2 heterocycles. The number of nitrogens with zero attached hydrogens (tertiary/aromatic N) is 2. The molecule has 0 spiro atoms. The lowest BCUT2D eigenvalue weighted by molar-refractivity contribution is -0.138. The van der Waals surface area contributed by atoms with Gasteiger partial charge in [-0.15, -0.1) is 0 Å². The minimum Gasteiger partial charge on any atom is -0.332 e. The maximum absolute atomic E-state index is 13.7. The predicted octanol–water partition coefficient (Wildman–Crippen LogP) is 4.17. The van der Waals surface area contributed by atoms with Crippen molar-refractivity contribution < 1.29 is 22.4 Å². The Morgan fingerprint density at radius 1 is 1.16 bits per heavy atom. The van der Waals surface area contributed by atoms with Crippen LogP contribution in [0.4, 0.5) is 17.6 Å². The third-order valence-corrected chi connectivity index (χ3v) is 5.12. The normalized spacial score (nSPS) is 21.5. The highest BCUT2D eigenvalue weighted by Crippen LogP contribution is 2.41. The third-order valence-electron chi connectivity index (χ3n) is 5.12. The lowest BCUT2D eigenvalue weighted by Crippen LogP contribution is -2.57. The van der Waals surface area contributed by atoms with Gasteiger partial charge in [-0.3, -0.25) is 9.69 Å². The summed E-state index contributed by atoms with van der Waals surface area (Å²) in [5.41, 5.74) is -1.50. The Kier molecular flexibility index (Phi) is 4.14. The molecule has 3 nitrogen and oxygen atoms in total. The van der Waals surface area contributed by atoms with Gasteiger partial charge in [-0.1, -0.05) is 0 Å². The van der Waals surface area contributed by atoms with Crippen molar-refractivity contribution in [3.63, 3.8) is 0 Å². The highest BCUT2D eigenvalue weighted by Gasteiger charge is 2.44. The number of carbonyl (C=O) groups is 1. The molecule has 2 aliphatic heterocycles. The number of likely N-dealkylation sites (tertiary alicyclic amines) is 1. The van der Waals surface area contributed by atoms with Gasteiger partial charge in [0.25, 0.3) is 5.91 Å². The molecule has 1 amide bonds. The summed E-state index contributed by atoms with van der Waals surface area (Å²) in [6.07, 6.45) is -4.53. The molecule has 1 aromatic carbocycles. The molecule has 25 heavy (non-hydrogen) atoms. The summed E-state index contributed by atoms with van der Waals surface area (Å²) in [6.45, 7) is 7.12. The molecular weight excluding hydrogens is 336 g/mol. The average molecular weight is 358 g/mol. The van der Waals surface area contributed by atoms with Gasteiger partial charge < -0.3 is 4.90 Å². The quantitative estimate of drug-likeness (QED) is 0.757. The van der Waals surface area contributed by atoms with Crippen LogP contribution in [0.1, 0.15) is 60.8 Å². The van der Waals surface area contributed by atoms with Gasteiger partial charge in [0.15, 0.2) is 0 Å². The zero-order valence-electron chi connectivity index (χ0n) is 14.7. The SMILES string of the molecule is CC(c1cc2c(c(C(F)(F)F)c1)CN(C(C)C)C2=O)N1CC(C)(F)C1. The Hall–Kier alpha value is -1.63. The van der Waals surface area contributed by atoms with E-state index in [0.29, 0.717) is 5.56 Å². The van der Waals surface area contributed by atoms with E-state index in [1.165, 1.54) is 11.8 Å². The molecular formula is C18H22F4N2O. The number of fused-ring (bicyclic) bond motifs is 1. The zero-order chi connectivity index (χ0) is 18.7. The zero-order valence-corrected chi connectivity index (χ0v) is 14.7. The molecule has 1 fully saturated rings. The number of benzene rings is 1. The van der Waals surface area contributed by atoms with Gasteiger partial charge in [-0.25, -0.2) is 4.39 Å². The first-order chi connectivity index (χ1) is 11.4. The van der Waals surface area contributed by atoms with Crippen molar-refractivity contribution >= 4 is 5.91 Å². The third kappa shape index (κ3) is 3.14. The Morgan fingerprint density at radius 3 is 2.24 bits per heavy atom. The van der Waals surface area contributed by atoms with Gasteiger partial charge in [0.05, 0.1) is 5.56 Å². The maximum atomic E-state index is 13.7. The van der Waals surface area contributed by atoms with E-state index in [-0.39, 0.29) is 48.8 Å². The second kappa shape index (κ2) is 5.69. The smallest absolute Gasteiger partial charge is 0.332 e. The Bertz CT molecular complexity index is 704. The summed E-state index contributed by atoms with van der Waals surface area (Å²) in [7, 11) is 0. The van der Waals surface area contributed by atoms with E-state index in [9.17, 15) is 22.4 Å². The maximum Gasteiger partial charge on any atom is 0.416 e. The van der Waals surface area contributed by atoms with Crippen LogP contribution in [0.15, 0.2) is 12.1 Å². The number of alkyl halides is 4. The van der Waals surface area contributed by atoms with Crippen molar-refractivity contribution in [3.05, 3.63) is 34.4 Å². The van der Waals surface area contributed by atoms with E-state index in [1.54, 1.807) is 31.7 Å². The lowest BCUT2D eigenvalue weighted by atomic mass is 9.91. The second-order valence-corrected chi connectivity index (χ2v) is 7.61. The number of hydrogen-bond donors (Lipinski definition) is 0. The lowest BCUT2D eigenvalue weighted by Gasteiger charge is -2.46. The standard InChI is InChI=1S/C18H22F4N2O/c1-10(2)24-7-14-13(16(24)25)5-12(6-15(14)18(20,21)22)11(3)23-8-17(4,19)9-23/h5-6,10-11H,7-9H2,1-4H3. The van der Waals surface area contributed by atoms with Crippen molar-refractivity contribution in [1.82, 2.24) is 9.80 Å². The summed E-state index contributed by atoms with van der Waals surface area (Å²) < 4.78 is 54.4. The summed E-state index contributed by atoms with van der Waals surface area (Å²) in [6, 6.07) is 2.11. The van der Waals surface area contributed by atoms with Crippen LogP contribution < -0.4 is 0 Å². The second-order valence-electron chi connectivity index (χ2n) is 7.61. The number of hydrogen-bond acceptors (Lipinski definition) is 2. The first-order valence-electron chi connectivity index (χ1n) is 8.38. The number of amides is 1. The Labute approximate surface area is 144 Å². The van der Waals surface area contributed by atoms with Crippen LogP contribution in [-0.4, -0.2) is 40.5 Å². The van der Waals surface area contributed by atoms with Crippen molar-refractivity contribution in [2.24, 2.45) is 0 Å². The Morgan fingerprint density at radius 2 is 1.76 bits per heavy atom. The van der Waals surface area contributed by atoms with Crippen LogP contribution in [0.5, 0.6) is 0 Å². The fourth-order valence-corrected chi connectivity index (χ4v) is 3.65. The van der Waals surface area contributed by atoms with E-state index in [1.807, 2.05) is 0 Å². The van der Waals surface area contributed by atoms with Crippen LogP contribution in [0, 0.1) is 0 Å². The van der Waals surface area contributed by atoms with Crippen molar-refractivity contribution in [2.75, 3.05) is 13.1 Å². The van der Waals surface area contributed by atoms with Crippen LogP contribution in [0.2, 0.25) is 0 Å². The molecule has 1 saturated heterocycles. The molecule has 1 aromatic rings. The molecule has 0 aliphatic carbocycles. The van der Waals surface area contributed by atoms with Gasteiger partial charge in [0.1, 0.15) is 5.67 Å². The highest BCUT2D eigenvalue weighted by molar-refractivity contribution is 5.99. The van der Waals surface area contributed by atoms with Crippen molar-refractivity contribution in [2.45, 2.75) is 58.2 Å². The molecule has 1 unspecified atom stereocenters. The molecule has 3 rings (SSSR count). The topological polar surface area (TPSA) is 23.6 Å². The van der Waals surface area contributed by atoms with Gasteiger partial charge >= 0.3 is 6.18 Å². The average Bonchev–Trinajstić information content (AvgIpc) is 2.79. The Balaban J connectivity index is 2.02. The molecule has 138 valence electrons. The number of carbonyl (C=O) groups excluding carboxylic acids is 1. The van der Waals surface area contributed by atoms with Gasteiger partial charge in [0.2, 0.25) is 0 Å². The molecule has 1 atom stereocenters. The van der Waals surface area contributed by atoms with E-state index < -0.39 is 17.4 Å².